The summed E-state index contributed by atoms with van der Waals surface area (Å²) < 4.78 is 0. The molecule has 2 aromatic carbocycles. The van der Waals surface area contributed by atoms with Gasteiger partial charge in [-0.2, -0.15) is 0 Å². The van der Waals surface area contributed by atoms with Gasteiger partial charge in [0.25, 0.3) is 0 Å². The van der Waals surface area contributed by atoms with E-state index in [2.05, 4.69) is 11.4 Å². The lowest BCUT2D eigenvalue weighted by atomic mass is 10.1. The molecule has 0 radical (unpaired) electrons. The SMILES string of the molecule is O=C(NCCCCc1cccc(Cl)c1)C1CC(=O)N(c2ccccc2)C1. The van der Waals surface area contributed by atoms with Crippen LogP contribution in [-0.2, 0) is 16.0 Å². The third kappa shape index (κ3) is 4.85. The average molecular weight is 371 g/mol. The van der Waals surface area contributed by atoms with Crippen molar-refractivity contribution in [3.05, 3.63) is 65.2 Å². The van der Waals surface area contributed by atoms with Crippen LogP contribution in [0.1, 0.15) is 24.8 Å². The molecule has 1 heterocycles. The van der Waals surface area contributed by atoms with Crippen molar-refractivity contribution in [2.24, 2.45) is 5.92 Å². The molecular formula is C21H23ClN2O2. The molecule has 3 rings (SSSR count). The van der Waals surface area contributed by atoms with E-state index in [1.165, 1.54) is 5.56 Å². The number of anilines is 1. The molecule has 26 heavy (non-hydrogen) atoms. The summed E-state index contributed by atoms with van der Waals surface area (Å²) in [6, 6.07) is 17.4. The molecular weight excluding hydrogens is 348 g/mol. The first kappa shape index (κ1) is 18.5. The smallest absolute Gasteiger partial charge is 0.227 e. The van der Waals surface area contributed by atoms with Crippen molar-refractivity contribution in [2.45, 2.75) is 25.7 Å². The molecule has 2 aromatic rings. The van der Waals surface area contributed by atoms with Crippen LogP contribution in [0, 0.1) is 5.92 Å². The molecule has 1 N–H and O–H groups in total. The van der Waals surface area contributed by atoms with Gasteiger partial charge in [-0.1, -0.05) is 41.9 Å². The Balaban J connectivity index is 1.39. The van der Waals surface area contributed by atoms with Crippen LogP contribution in [0.4, 0.5) is 5.69 Å². The third-order valence-corrected chi connectivity index (χ3v) is 4.88. The van der Waals surface area contributed by atoms with Crippen molar-refractivity contribution < 1.29 is 9.59 Å². The normalized spacial score (nSPS) is 16.7. The fraction of sp³-hybridized carbons (Fsp3) is 0.333. The van der Waals surface area contributed by atoms with E-state index >= 15 is 0 Å². The predicted molar refractivity (Wildman–Crippen MR) is 104 cm³/mol. The molecule has 0 saturated carbocycles. The van der Waals surface area contributed by atoms with Gasteiger partial charge in [-0.05, 0) is 49.1 Å². The minimum Gasteiger partial charge on any atom is -0.356 e. The van der Waals surface area contributed by atoms with Gasteiger partial charge in [-0.25, -0.2) is 0 Å². The summed E-state index contributed by atoms with van der Waals surface area (Å²) in [5.74, 6) is -0.285. The van der Waals surface area contributed by atoms with Crippen molar-refractivity contribution in [1.82, 2.24) is 5.32 Å². The molecule has 0 bridgehead atoms. The van der Waals surface area contributed by atoms with Crippen LogP contribution in [0.2, 0.25) is 5.02 Å². The molecule has 136 valence electrons. The minimum atomic E-state index is -0.268. The van der Waals surface area contributed by atoms with Crippen LogP contribution >= 0.6 is 11.6 Å². The van der Waals surface area contributed by atoms with E-state index < -0.39 is 0 Å². The average Bonchev–Trinajstić information content (AvgIpc) is 3.04. The van der Waals surface area contributed by atoms with E-state index in [9.17, 15) is 9.59 Å². The van der Waals surface area contributed by atoms with Gasteiger partial charge < -0.3 is 10.2 Å². The number of carbonyl (C=O) groups excluding carboxylic acids is 2. The molecule has 1 atom stereocenters. The fourth-order valence-electron chi connectivity index (χ4n) is 3.24. The number of nitrogens with one attached hydrogen (secondary N) is 1. The maximum Gasteiger partial charge on any atom is 0.227 e. The zero-order chi connectivity index (χ0) is 18.4. The van der Waals surface area contributed by atoms with Crippen molar-refractivity contribution in [2.75, 3.05) is 18.0 Å². The van der Waals surface area contributed by atoms with E-state index in [4.69, 9.17) is 11.6 Å². The molecule has 4 nitrogen and oxygen atoms in total. The Morgan fingerprint density at radius 1 is 1.12 bits per heavy atom. The van der Waals surface area contributed by atoms with Gasteiger partial charge in [0.15, 0.2) is 0 Å². The molecule has 0 aliphatic carbocycles. The maximum absolute atomic E-state index is 12.3. The van der Waals surface area contributed by atoms with Crippen molar-refractivity contribution >= 4 is 29.1 Å². The van der Waals surface area contributed by atoms with Crippen LogP contribution in [0.5, 0.6) is 0 Å². The third-order valence-electron chi connectivity index (χ3n) is 4.64. The number of unbranched alkanes of at least 4 members (excludes halogenated alkanes) is 1. The summed E-state index contributed by atoms with van der Waals surface area (Å²) in [4.78, 5) is 26.2. The van der Waals surface area contributed by atoms with Crippen LogP contribution in [0.3, 0.4) is 0 Å². The topological polar surface area (TPSA) is 49.4 Å². The van der Waals surface area contributed by atoms with Gasteiger partial charge in [-0.15, -0.1) is 0 Å². The number of rotatable bonds is 7. The summed E-state index contributed by atoms with van der Waals surface area (Å²) in [6.07, 6.45) is 3.12. The number of benzene rings is 2. The van der Waals surface area contributed by atoms with E-state index in [0.717, 1.165) is 30.0 Å². The maximum atomic E-state index is 12.3. The van der Waals surface area contributed by atoms with Gasteiger partial charge in [-0.3, -0.25) is 9.59 Å². The number of aryl methyl sites for hydroxylation is 1. The number of nitrogens with zero attached hydrogens (tertiary/aromatic N) is 1. The zero-order valence-corrected chi connectivity index (χ0v) is 15.4. The highest BCUT2D eigenvalue weighted by molar-refractivity contribution is 6.30. The second-order valence-corrected chi connectivity index (χ2v) is 7.06. The summed E-state index contributed by atoms with van der Waals surface area (Å²) in [6.45, 7) is 1.09. The summed E-state index contributed by atoms with van der Waals surface area (Å²) >= 11 is 5.98. The zero-order valence-electron chi connectivity index (χ0n) is 14.7. The van der Waals surface area contributed by atoms with Gasteiger partial charge >= 0.3 is 0 Å². The molecule has 2 amide bonds. The first-order valence-electron chi connectivity index (χ1n) is 9.01. The number of amides is 2. The number of hydrogen-bond acceptors (Lipinski definition) is 2. The number of halogens is 1. The van der Waals surface area contributed by atoms with Crippen molar-refractivity contribution in [3.8, 4) is 0 Å². The highest BCUT2D eigenvalue weighted by atomic mass is 35.5. The van der Waals surface area contributed by atoms with Crippen molar-refractivity contribution in [3.63, 3.8) is 0 Å². The summed E-state index contributed by atoms with van der Waals surface area (Å²) in [5, 5.41) is 3.73. The van der Waals surface area contributed by atoms with E-state index in [-0.39, 0.29) is 24.2 Å². The fourth-order valence-corrected chi connectivity index (χ4v) is 3.46. The second kappa shape index (κ2) is 8.86. The predicted octanol–water partition coefficient (Wildman–Crippen LogP) is 3.83. The van der Waals surface area contributed by atoms with E-state index in [1.807, 2.05) is 48.5 Å². The highest BCUT2D eigenvalue weighted by Gasteiger charge is 2.34. The Labute approximate surface area is 159 Å². The van der Waals surface area contributed by atoms with E-state index in [0.29, 0.717) is 13.1 Å². The quantitative estimate of drug-likeness (QED) is 0.753. The number of hydrogen-bond donors (Lipinski definition) is 1. The van der Waals surface area contributed by atoms with Crippen molar-refractivity contribution in [1.29, 1.82) is 0 Å². The first-order valence-corrected chi connectivity index (χ1v) is 9.39. The lowest BCUT2D eigenvalue weighted by Gasteiger charge is -2.16. The number of para-hydroxylation sites is 1. The van der Waals surface area contributed by atoms with Gasteiger partial charge in [0.1, 0.15) is 0 Å². The van der Waals surface area contributed by atoms with Crippen LogP contribution < -0.4 is 10.2 Å². The van der Waals surface area contributed by atoms with Crippen LogP contribution in [0.15, 0.2) is 54.6 Å². The van der Waals surface area contributed by atoms with Gasteiger partial charge in [0.05, 0.1) is 5.92 Å². The molecule has 1 aliphatic rings. The standard InChI is InChI=1S/C21H23ClN2O2/c22-18-9-6-8-16(13-18)7-4-5-12-23-21(26)17-14-20(25)24(15-17)19-10-2-1-3-11-19/h1-3,6,8-11,13,17H,4-5,7,12,14-15H2,(H,23,26). The largest absolute Gasteiger partial charge is 0.356 e. The van der Waals surface area contributed by atoms with Gasteiger partial charge in [0.2, 0.25) is 11.8 Å². The number of carbonyl (C=O) groups is 2. The van der Waals surface area contributed by atoms with Crippen LogP contribution in [-0.4, -0.2) is 24.9 Å². The molecule has 1 saturated heterocycles. The lowest BCUT2D eigenvalue weighted by molar-refractivity contribution is -0.126. The first-order chi connectivity index (χ1) is 12.6. The van der Waals surface area contributed by atoms with Crippen LogP contribution in [0.25, 0.3) is 0 Å². The van der Waals surface area contributed by atoms with Gasteiger partial charge in [0, 0.05) is 30.2 Å². The summed E-state index contributed by atoms with van der Waals surface area (Å²) in [5.41, 5.74) is 2.07. The molecule has 1 unspecified atom stereocenters. The molecule has 0 spiro atoms. The molecule has 5 heteroatoms. The molecule has 1 aliphatic heterocycles. The van der Waals surface area contributed by atoms with E-state index in [1.54, 1.807) is 4.90 Å². The Morgan fingerprint density at radius 3 is 2.69 bits per heavy atom. The minimum absolute atomic E-state index is 0.0114. The Bertz CT molecular complexity index is 764. The monoisotopic (exact) mass is 370 g/mol. The highest BCUT2D eigenvalue weighted by Crippen LogP contribution is 2.24. The molecule has 1 fully saturated rings. The Morgan fingerprint density at radius 2 is 1.92 bits per heavy atom. The summed E-state index contributed by atoms with van der Waals surface area (Å²) in [7, 11) is 0. The second-order valence-electron chi connectivity index (χ2n) is 6.62. The Hall–Kier alpha value is -2.33. The lowest BCUT2D eigenvalue weighted by Crippen LogP contribution is -2.33. The Kier molecular flexibility index (Phi) is 6.29. The molecule has 0 aromatic heterocycles.